The number of benzene rings is 2. The molecule has 0 radical (unpaired) electrons. The van der Waals surface area contributed by atoms with Gasteiger partial charge in [-0.1, -0.05) is 12.1 Å². The second kappa shape index (κ2) is 8.55. The topological polar surface area (TPSA) is 128 Å². The van der Waals surface area contributed by atoms with Gasteiger partial charge in [0.1, 0.15) is 5.75 Å². The van der Waals surface area contributed by atoms with Crippen LogP contribution in [-0.2, 0) is 0 Å². The van der Waals surface area contributed by atoms with E-state index < -0.39 is 10.5 Å². The Balaban J connectivity index is 1.68. The summed E-state index contributed by atoms with van der Waals surface area (Å²) in [4.78, 5) is 28.2. The van der Waals surface area contributed by atoms with Crippen molar-refractivity contribution in [3.63, 3.8) is 0 Å². The second-order valence-electron chi connectivity index (χ2n) is 6.87. The molecule has 0 saturated heterocycles. The molecule has 2 aromatic heterocycles. The van der Waals surface area contributed by atoms with Gasteiger partial charge in [-0.15, -0.1) is 21.6 Å². The van der Waals surface area contributed by atoms with Crippen molar-refractivity contribution in [3.8, 4) is 22.1 Å². The van der Waals surface area contributed by atoms with Crippen LogP contribution in [0.1, 0.15) is 11.3 Å². The van der Waals surface area contributed by atoms with Crippen molar-refractivity contribution >= 4 is 28.4 Å². The number of nitro benzene ring substituents is 1. The van der Waals surface area contributed by atoms with Gasteiger partial charge in [-0.05, 0) is 43.7 Å². The second-order valence-corrected chi connectivity index (χ2v) is 7.71. The number of nitrogens with zero attached hydrogens (tertiary/aromatic N) is 5. The number of nitro groups is 1. The molecule has 32 heavy (non-hydrogen) atoms. The SMILES string of the molecule is COc1ccc(-c2csc(-n3[nH]c(C)c(N=Nc4c(C)cccc4[N+](=O)[O-])c3=O)n2)cc1. The monoisotopic (exact) mass is 450 g/mol. The van der Waals surface area contributed by atoms with E-state index in [4.69, 9.17) is 4.74 Å². The molecule has 0 aliphatic carbocycles. The fraction of sp³-hybridized carbons (Fsp3) is 0.143. The van der Waals surface area contributed by atoms with E-state index in [2.05, 4.69) is 20.3 Å². The lowest BCUT2D eigenvalue weighted by atomic mass is 10.2. The van der Waals surface area contributed by atoms with Gasteiger partial charge in [-0.3, -0.25) is 20.0 Å². The van der Waals surface area contributed by atoms with Crippen molar-refractivity contribution in [3.05, 3.63) is 79.6 Å². The number of aromatic nitrogens is 3. The van der Waals surface area contributed by atoms with Crippen LogP contribution in [0.2, 0.25) is 0 Å². The average molecular weight is 450 g/mol. The zero-order valence-corrected chi connectivity index (χ0v) is 18.2. The van der Waals surface area contributed by atoms with Gasteiger partial charge in [0, 0.05) is 17.0 Å². The maximum Gasteiger partial charge on any atom is 0.301 e. The Bertz CT molecular complexity index is 1380. The highest BCUT2D eigenvalue weighted by molar-refractivity contribution is 7.12. The first-order chi connectivity index (χ1) is 15.4. The van der Waals surface area contributed by atoms with Crippen LogP contribution in [0.3, 0.4) is 0 Å². The molecule has 2 heterocycles. The number of aryl methyl sites for hydroxylation is 2. The Morgan fingerprint density at radius 1 is 1.12 bits per heavy atom. The van der Waals surface area contributed by atoms with E-state index in [0.29, 0.717) is 22.1 Å². The van der Waals surface area contributed by atoms with Crippen molar-refractivity contribution in [1.82, 2.24) is 14.8 Å². The summed E-state index contributed by atoms with van der Waals surface area (Å²) in [6.07, 6.45) is 0. The summed E-state index contributed by atoms with van der Waals surface area (Å²) in [5.41, 5.74) is 2.20. The minimum Gasteiger partial charge on any atom is -0.497 e. The highest BCUT2D eigenvalue weighted by Gasteiger charge is 2.18. The molecule has 0 atom stereocenters. The molecule has 0 aliphatic heterocycles. The number of thiazole rings is 1. The molecular weight excluding hydrogens is 432 g/mol. The molecule has 162 valence electrons. The molecule has 0 saturated carbocycles. The normalized spacial score (nSPS) is 11.2. The van der Waals surface area contributed by atoms with E-state index >= 15 is 0 Å². The third-order valence-electron chi connectivity index (χ3n) is 4.77. The van der Waals surface area contributed by atoms with Crippen molar-refractivity contribution in [2.75, 3.05) is 7.11 Å². The first-order valence-corrected chi connectivity index (χ1v) is 10.3. The van der Waals surface area contributed by atoms with Crippen molar-refractivity contribution in [1.29, 1.82) is 0 Å². The minimum absolute atomic E-state index is 0.0590. The maximum atomic E-state index is 12.9. The van der Waals surface area contributed by atoms with Gasteiger partial charge in [-0.25, -0.2) is 4.98 Å². The van der Waals surface area contributed by atoms with Gasteiger partial charge < -0.3 is 4.74 Å². The molecule has 1 N–H and O–H groups in total. The summed E-state index contributed by atoms with van der Waals surface area (Å²) in [5.74, 6) is 0.740. The lowest BCUT2D eigenvalue weighted by molar-refractivity contribution is -0.384. The number of methoxy groups -OCH3 is 1. The quantitative estimate of drug-likeness (QED) is 0.244. The molecule has 0 bridgehead atoms. The number of hydrogen-bond acceptors (Lipinski definition) is 8. The lowest BCUT2D eigenvalue weighted by Gasteiger charge is -2.00. The molecule has 0 fully saturated rings. The van der Waals surface area contributed by atoms with E-state index in [0.717, 1.165) is 11.3 Å². The summed E-state index contributed by atoms with van der Waals surface area (Å²) < 4.78 is 6.45. The number of rotatable bonds is 6. The van der Waals surface area contributed by atoms with Gasteiger partial charge in [-0.2, -0.15) is 4.68 Å². The maximum absolute atomic E-state index is 12.9. The fourth-order valence-corrected chi connectivity index (χ4v) is 3.86. The molecular formula is C21H18N6O4S. The zero-order chi connectivity index (χ0) is 22.8. The lowest BCUT2D eigenvalue weighted by Crippen LogP contribution is -2.13. The van der Waals surface area contributed by atoms with Crippen LogP contribution in [0.5, 0.6) is 5.75 Å². The van der Waals surface area contributed by atoms with Crippen LogP contribution in [0.4, 0.5) is 17.1 Å². The van der Waals surface area contributed by atoms with Crippen LogP contribution >= 0.6 is 11.3 Å². The predicted molar refractivity (Wildman–Crippen MR) is 121 cm³/mol. The molecule has 11 heteroatoms. The Kier molecular flexibility index (Phi) is 5.65. The number of nitrogens with one attached hydrogen (secondary N) is 1. The first-order valence-electron chi connectivity index (χ1n) is 9.46. The number of hydrogen-bond donors (Lipinski definition) is 1. The molecule has 0 unspecified atom stereocenters. The molecule has 0 aliphatic rings. The predicted octanol–water partition coefficient (Wildman–Crippen LogP) is 5.24. The van der Waals surface area contributed by atoms with Crippen molar-refractivity contribution in [2.24, 2.45) is 10.2 Å². The molecule has 0 amide bonds. The standard InChI is InChI=1S/C21H18N6O4S/c1-12-5-4-6-17(27(29)30)18(12)23-24-19-13(2)25-26(20(19)28)21-22-16(11-32-21)14-7-9-15(31-3)10-8-14/h4-11,25H,1-3H3. The smallest absolute Gasteiger partial charge is 0.301 e. The summed E-state index contributed by atoms with van der Waals surface area (Å²) in [6.45, 7) is 3.37. The number of azo groups is 1. The van der Waals surface area contributed by atoms with Crippen LogP contribution in [0, 0.1) is 24.0 Å². The van der Waals surface area contributed by atoms with Gasteiger partial charge in [0.15, 0.2) is 11.4 Å². The van der Waals surface area contributed by atoms with E-state index in [-0.39, 0.29) is 17.1 Å². The summed E-state index contributed by atoms with van der Waals surface area (Å²) in [6, 6.07) is 12.1. The molecule has 2 aromatic carbocycles. The Labute approximate surface area is 186 Å². The number of aromatic amines is 1. The Hall–Kier alpha value is -4.12. The summed E-state index contributed by atoms with van der Waals surface area (Å²) >= 11 is 1.29. The van der Waals surface area contributed by atoms with E-state index in [1.165, 1.54) is 22.1 Å². The summed E-state index contributed by atoms with van der Waals surface area (Å²) in [7, 11) is 1.60. The Morgan fingerprint density at radius 2 is 1.84 bits per heavy atom. The van der Waals surface area contributed by atoms with E-state index in [1.54, 1.807) is 33.1 Å². The summed E-state index contributed by atoms with van der Waals surface area (Å²) in [5, 5.41) is 24.6. The van der Waals surface area contributed by atoms with Crippen LogP contribution in [0.15, 0.2) is 62.9 Å². The van der Waals surface area contributed by atoms with Crippen molar-refractivity contribution in [2.45, 2.75) is 13.8 Å². The Morgan fingerprint density at radius 3 is 2.53 bits per heavy atom. The largest absolute Gasteiger partial charge is 0.497 e. The number of ether oxygens (including phenoxy) is 1. The third-order valence-corrected chi connectivity index (χ3v) is 5.60. The molecule has 4 aromatic rings. The zero-order valence-electron chi connectivity index (χ0n) is 17.4. The van der Waals surface area contributed by atoms with Gasteiger partial charge in [0.05, 0.1) is 23.4 Å². The molecule has 4 rings (SSSR count). The van der Waals surface area contributed by atoms with Gasteiger partial charge >= 0.3 is 5.56 Å². The number of H-pyrrole nitrogens is 1. The highest BCUT2D eigenvalue weighted by Crippen LogP contribution is 2.32. The molecule has 0 spiro atoms. The van der Waals surface area contributed by atoms with Gasteiger partial charge in [0.2, 0.25) is 5.13 Å². The van der Waals surface area contributed by atoms with Crippen LogP contribution in [-0.4, -0.2) is 26.8 Å². The minimum atomic E-state index is -0.528. The van der Waals surface area contributed by atoms with E-state index in [1.807, 2.05) is 29.6 Å². The van der Waals surface area contributed by atoms with Crippen LogP contribution < -0.4 is 10.3 Å². The van der Waals surface area contributed by atoms with Crippen LogP contribution in [0.25, 0.3) is 16.4 Å². The average Bonchev–Trinajstić information content (AvgIpc) is 3.38. The fourth-order valence-electron chi connectivity index (χ4n) is 3.07. The first kappa shape index (κ1) is 21.1. The van der Waals surface area contributed by atoms with Crippen molar-refractivity contribution < 1.29 is 9.66 Å². The van der Waals surface area contributed by atoms with Gasteiger partial charge in [0.25, 0.3) is 5.69 Å². The molecule has 10 nitrogen and oxygen atoms in total. The van der Waals surface area contributed by atoms with E-state index in [9.17, 15) is 14.9 Å². The third kappa shape index (κ3) is 3.93. The highest BCUT2D eigenvalue weighted by atomic mass is 32.1.